The summed E-state index contributed by atoms with van der Waals surface area (Å²) >= 11 is 0. The molecule has 0 saturated heterocycles. The first-order valence-electron chi connectivity index (χ1n) is 6.73. The van der Waals surface area contributed by atoms with E-state index >= 15 is 0 Å². The highest BCUT2D eigenvalue weighted by molar-refractivity contribution is 5.97. The standard InChI is InChI=1S/C17H18FNO2/c1-11(14-6-4-5-7-16(14)18)19(3)13-8-9-15(12(2)20)17(21)10-13/h4-11,21H,1-3H3. The van der Waals surface area contributed by atoms with Crippen molar-refractivity contribution in [3.05, 3.63) is 59.4 Å². The maximum Gasteiger partial charge on any atom is 0.163 e. The van der Waals surface area contributed by atoms with Gasteiger partial charge in [-0.15, -0.1) is 0 Å². The minimum Gasteiger partial charge on any atom is -0.507 e. The summed E-state index contributed by atoms with van der Waals surface area (Å²) in [5.74, 6) is -0.516. The van der Waals surface area contributed by atoms with E-state index in [9.17, 15) is 14.3 Å². The molecular weight excluding hydrogens is 269 g/mol. The number of carbonyl (C=O) groups is 1. The molecule has 3 nitrogen and oxygen atoms in total. The molecule has 2 aromatic carbocycles. The zero-order chi connectivity index (χ0) is 15.6. The number of rotatable bonds is 4. The highest BCUT2D eigenvalue weighted by Gasteiger charge is 2.17. The lowest BCUT2D eigenvalue weighted by molar-refractivity contribution is 0.101. The summed E-state index contributed by atoms with van der Waals surface area (Å²) in [6, 6.07) is 11.3. The summed E-state index contributed by atoms with van der Waals surface area (Å²) in [5, 5.41) is 9.90. The summed E-state index contributed by atoms with van der Waals surface area (Å²) in [7, 11) is 1.82. The van der Waals surface area contributed by atoms with Crippen molar-refractivity contribution in [2.24, 2.45) is 0 Å². The fraction of sp³-hybridized carbons (Fsp3) is 0.235. The number of halogens is 1. The van der Waals surface area contributed by atoms with E-state index in [2.05, 4.69) is 0 Å². The molecule has 0 aliphatic heterocycles. The van der Waals surface area contributed by atoms with Crippen LogP contribution in [0.4, 0.5) is 10.1 Å². The average Bonchev–Trinajstić information content (AvgIpc) is 2.45. The molecule has 110 valence electrons. The number of hydrogen-bond acceptors (Lipinski definition) is 3. The normalized spacial score (nSPS) is 12.0. The quantitative estimate of drug-likeness (QED) is 0.866. The zero-order valence-electron chi connectivity index (χ0n) is 12.3. The number of anilines is 1. The van der Waals surface area contributed by atoms with Gasteiger partial charge in [-0.1, -0.05) is 18.2 Å². The lowest BCUT2D eigenvalue weighted by atomic mass is 10.0. The van der Waals surface area contributed by atoms with Crippen molar-refractivity contribution in [1.29, 1.82) is 0 Å². The Morgan fingerprint density at radius 2 is 1.90 bits per heavy atom. The van der Waals surface area contributed by atoms with Crippen molar-refractivity contribution < 1.29 is 14.3 Å². The smallest absolute Gasteiger partial charge is 0.163 e. The molecule has 1 unspecified atom stereocenters. The van der Waals surface area contributed by atoms with Gasteiger partial charge in [-0.25, -0.2) is 4.39 Å². The summed E-state index contributed by atoms with van der Waals surface area (Å²) in [4.78, 5) is 13.2. The third kappa shape index (κ3) is 3.05. The highest BCUT2D eigenvalue weighted by Crippen LogP contribution is 2.30. The molecule has 0 heterocycles. The predicted octanol–water partition coefficient (Wildman–Crippen LogP) is 3.93. The van der Waals surface area contributed by atoms with E-state index in [-0.39, 0.29) is 29.0 Å². The molecule has 2 aromatic rings. The molecule has 21 heavy (non-hydrogen) atoms. The van der Waals surface area contributed by atoms with Gasteiger partial charge in [0.1, 0.15) is 11.6 Å². The van der Waals surface area contributed by atoms with Crippen LogP contribution in [-0.2, 0) is 0 Å². The zero-order valence-corrected chi connectivity index (χ0v) is 12.3. The van der Waals surface area contributed by atoms with Gasteiger partial charge in [-0.3, -0.25) is 4.79 Å². The Morgan fingerprint density at radius 1 is 1.24 bits per heavy atom. The van der Waals surface area contributed by atoms with Gasteiger partial charge in [-0.05, 0) is 32.0 Å². The molecule has 0 spiro atoms. The van der Waals surface area contributed by atoms with Crippen molar-refractivity contribution in [1.82, 2.24) is 0 Å². The van der Waals surface area contributed by atoms with Crippen LogP contribution in [0.2, 0.25) is 0 Å². The maximum absolute atomic E-state index is 13.8. The summed E-state index contributed by atoms with van der Waals surface area (Å²) in [6.45, 7) is 3.29. The van der Waals surface area contributed by atoms with E-state index in [1.165, 1.54) is 19.1 Å². The first-order chi connectivity index (χ1) is 9.91. The number of nitrogens with zero attached hydrogens (tertiary/aromatic N) is 1. The number of ketones is 1. The number of phenolic OH excluding ortho intramolecular Hbond substituents is 1. The number of hydrogen-bond donors (Lipinski definition) is 1. The topological polar surface area (TPSA) is 40.5 Å². The fourth-order valence-electron chi connectivity index (χ4n) is 2.28. The molecule has 0 bridgehead atoms. The van der Waals surface area contributed by atoms with Gasteiger partial charge >= 0.3 is 0 Å². The van der Waals surface area contributed by atoms with E-state index < -0.39 is 0 Å². The Labute approximate surface area is 123 Å². The van der Waals surface area contributed by atoms with Crippen LogP contribution in [0.3, 0.4) is 0 Å². The van der Waals surface area contributed by atoms with Crippen LogP contribution >= 0.6 is 0 Å². The van der Waals surface area contributed by atoms with Gasteiger partial charge in [0.2, 0.25) is 0 Å². The van der Waals surface area contributed by atoms with Gasteiger partial charge in [0.25, 0.3) is 0 Å². The summed E-state index contributed by atoms with van der Waals surface area (Å²) in [6.07, 6.45) is 0. The fourth-order valence-corrected chi connectivity index (χ4v) is 2.28. The van der Waals surface area contributed by atoms with Crippen LogP contribution in [0.15, 0.2) is 42.5 Å². The lowest BCUT2D eigenvalue weighted by Gasteiger charge is -2.28. The van der Waals surface area contributed by atoms with Gasteiger partial charge < -0.3 is 10.0 Å². The second-order valence-corrected chi connectivity index (χ2v) is 5.07. The largest absolute Gasteiger partial charge is 0.507 e. The van der Waals surface area contributed by atoms with Crippen LogP contribution in [0.1, 0.15) is 35.8 Å². The van der Waals surface area contributed by atoms with Gasteiger partial charge in [0.05, 0.1) is 11.6 Å². The van der Waals surface area contributed by atoms with E-state index in [0.29, 0.717) is 11.3 Å². The third-order valence-electron chi connectivity index (χ3n) is 3.70. The number of benzene rings is 2. The van der Waals surface area contributed by atoms with E-state index in [0.717, 1.165) is 0 Å². The van der Waals surface area contributed by atoms with Crippen LogP contribution in [-0.4, -0.2) is 17.9 Å². The van der Waals surface area contributed by atoms with Gasteiger partial charge in [0, 0.05) is 24.4 Å². The van der Waals surface area contributed by atoms with Crippen molar-refractivity contribution in [3.63, 3.8) is 0 Å². The minimum absolute atomic E-state index is 0.0624. The van der Waals surface area contributed by atoms with Gasteiger partial charge in [-0.2, -0.15) is 0 Å². The van der Waals surface area contributed by atoms with Crippen molar-refractivity contribution in [2.75, 3.05) is 11.9 Å². The van der Waals surface area contributed by atoms with E-state index in [1.807, 2.05) is 18.9 Å². The molecule has 2 rings (SSSR count). The Balaban J connectivity index is 2.32. The Kier molecular flexibility index (Phi) is 4.26. The molecule has 0 fully saturated rings. The van der Waals surface area contributed by atoms with E-state index in [1.54, 1.807) is 30.3 Å². The molecule has 0 aromatic heterocycles. The summed E-state index contributed by atoms with van der Waals surface area (Å²) < 4.78 is 13.8. The third-order valence-corrected chi connectivity index (χ3v) is 3.70. The lowest BCUT2D eigenvalue weighted by Crippen LogP contribution is -2.22. The average molecular weight is 287 g/mol. The molecule has 0 saturated carbocycles. The molecule has 1 N–H and O–H groups in total. The first kappa shape index (κ1) is 15.0. The second-order valence-electron chi connectivity index (χ2n) is 5.07. The Bertz CT molecular complexity index is 670. The molecule has 1 atom stereocenters. The minimum atomic E-state index is -0.263. The van der Waals surface area contributed by atoms with Crippen LogP contribution < -0.4 is 4.90 Å². The van der Waals surface area contributed by atoms with Crippen LogP contribution in [0.5, 0.6) is 5.75 Å². The summed E-state index contributed by atoms with van der Waals surface area (Å²) in [5.41, 5.74) is 1.58. The monoisotopic (exact) mass is 287 g/mol. The van der Waals surface area contributed by atoms with Crippen molar-refractivity contribution in [3.8, 4) is 5.75 Å². The molecule has 0 radical (unpaired) electrons. The second kappa shape index (κ2) is 5.95. The molecular formula is C17H18FNO2. The highest BCUT2D eigenvalue weighted by atomic mass is 19.1. The van der Waals surface area contributed by atoms with Crippen molar-refractivity contribution >= 4 is 11.5 Å². The van der Waals surface area contributed by atoms with E-state index in [4.69, 9.17) is 0 Å². The predicted molar refractivity (Wildman–Crippen MR) is 81.3 cm³/mol. The number of aromatic hydroxyl groups is 1. The molecule has 0 aliphatic rings. The maximum atomic E-state index is 13.8. The SMILES string of the molecule is CC(=O)c1ccc(N(C)C(C)c2ccccc2F)cc1O. The van der Waals surface area contributed by atoms with Crippen LogP contribution in [0, 0.1) is 5.82 Å². The number of carbonyl (C=O) groups excluding carboxylic acids is 1. The molecule has 0 amide bonds. The Hall–Kier alpha value is -2.36. The molecule has 4 heteroatoms. The first-order valence-corrected chi connectivity index (χ1v) is 6.73. The number of Topliss-reactive ketones (excluding diaryl/α,β-unsaturated/α-hetero) is 1. The van der Waals surface area contributed by atoms with Crippen LogP contribution in [0.25, 0.3) is 0 Å². The van der Waals surface area contributed by atoms with Gasteiger partial charge in [0.15, 0.2) is 5.78 Å². The van der Waals surface area contributed by atoms with Crippen molar-refractivity contribution in [2.45, 2.75) is 19.9 Å². The molecule has 0 aliphatic carbocycles. The number of phenols is 1. The Morgan fingerprint density at radius 3 is 2.48 bits per heavy atom.